The van der Waals surface area contributed by atoms with E-state index in [0.29, 0.717) is 12.0 Å². The zero-order chi connectivity index (χ0) is 14.0. The SMILES string of the molecule is CCC(N)C(c1sccc1C)N1CCC(C(C)O)C1. The van der Waals surface area contributed by atoms with Crippen molar-refractivity contribution in [2.75, 3.05) is 13.1 Å². The van der Waals surface area contributed by atoms with Crippen molar-refractivity contribution in [2.24, 2.45) is 11.7 Å². The fourth-order valence-electron chi connectivity index (χ4n) is 3.00. The molecular formula is C15H26N2OS. The molecule has 0 saturated carbocycles. The quantitative estimate of drug-likeness (QED) is 0.872. The van der Waals surface area contributed by atoms with Gasteiger partial charge in [-0.05, 0) is 56.2 Å². The maximum atomic E-state index is 9.78. The number of hydrogen-bond acceptors (Lipinski definition) is 4. The van der Waals surface area contributed by atoms with Gasteiger partial charge in [-0.1, -0.05) is 6.92 Å². The van der Waals surface area contributed by atoms with E-state index in [2.05, 4.69) is 30.2 Å². The summed E-state index contributed by atoms with van der Waals surface area (Å²) >= 11 is 1.81. The molecule has 1 aliphatic heterocycles. The summed E-state index contributed by atoms with van der Waals surface area (Å²) in [6.07, 6.45) is 1.85. The molecule has 0 amide bonds. The van der Waals surface area contributed by atoms with Gasteiger partial charge in [0.15, 0.2) is 0 Å². The Labute approximate surface area is 120 Å². The second-order valence-corrected chi connectivity index (χ2v) is 6.72. The Bertz CT molecular complexity index is 405. The second-order valence-electron chi connectivity index (χ2n) is 5.77. The number of nitrogens with two attached hydrogens (primary N) is 1. The van der Waals surface area contributed by atoms with Crippen molar-refractivity contribution in [3.8, 4) is 0 Å². The van der Waals surface area contributed by atoms with Crippen molar-refractivity contribution >= 4 is 11.3 Å². The maximum absolute atomic E-state index is 9.78. The molecule has 0 aromatic carbocycles. The van der Waals surface area contributed by atoms with E-state index in [0.717, 1.165) is 25.9 Å². The zero-order valence-electron chi connectivity index (χ0n) is 12.2. The number of thiophene rings is 1. The first-order valence-electron chi connectivity index (χ1n) is 7.26. The van der Waals surface area contributed by atoms with Gasteiger partial charge in [0.1, 0.15) is 0 Å². The van der Waals surface area contributed by atoms with Crippen LogP contribution in [-0.2, 0) is 0 Å². The Morgan fingerprint density at radius 3 is 2.79 bits per heavy atom. The van der Waals surface area contributed by atoms with E-state index >= 15 is 0 Å². The van der Waals surface area contributed by atoms with Gasteiger partial charge in [-0.3, -0.25) is 4.90 Å². The third kappa shape index (κ3) is 3.19. The van der Waals surface area contributed by atoms with Crippen LogP contribution in [0.2, 0.25) is 0 Å². The molecule has 4 unspecified atom stereocenters. The normalized spacial score (nSPS) is 25.4. The molecular weight excluding hydrogens is 256 g/mol. The molecule has 3 nitrogen and oxygen atoms in total. The molecule has 4 heteroatoms. The van der Waals surface area contributed by atoms with Crippen LogP contribution in [0.25, 0.3) is 0 Å². The number of aliphatic hydroxyl groups is 1. The average molecular weight is 282 g/mol. The topological polar surface area (TPSA) is 49.5 Å². The number of likely N-dealkylation sites (tertiary alicyclic amines) is 1. The highest BCUT2D eigenvalue weighted by molar-refractivity contribution is 7.10. The highest BCUT2D eigenvalue weighted by atomic mass is 32.1. The fourth-order valence-corrected chi connectivity index (χ4v) is 4.14. The Morgan fingerprint density at radius 1 is 1.58 bits per heavy atom. The van der Waals surface area contributed by atoms with E-state index in [1.165, 1.54) is 10.4 Å². The highest BCUT2D eigenvalue weighted by Crippen LogP contribution is 2.35. The van der Waals surface area contributed by atoms with Crippen molar-refractivity contribution in [1.82, 2.24) is 4.90 Å². The Hall–Kier alpha value is -0.420. The standard InChI is InChI=1S/C15H26N2OS/c1-4-13(16)14(15-10(2)6-8-19-15)17-7-5-12(9-17)11(3)18/h6,8,11-14,18H,4-5,7,9,16H2,1-3H3. The van der Waals surface area contributed by atoms with Crippen LogP contribution in [0.3, 0.4) is 0 Å². The number of aryl methyl sites for hydroxylation is 1. The highest BCUT2D eigenvalue weighted by Gasteiger charge is 2.34. The van der Waals surface area contributed by atoms with Crippen LogP contribution >= 0.6 is 11.3 Å². The molecule has 0 aliphatic carbocycles. The monoisotopic (exact) mass is 282 g/mol. The molecule has 0 radical (unpaired) electrons. The summed E-state index contributed by atoms with van der Waals surface area (Å²) < 4.78 is 0. The van der Waals surface area contributed by atoms with Crippen LogP contribution in [0.15, 0.2) is 11.4 Å². The van der Waals surface area contributed by atoms with Crippen molar-refractivity contribution in [3.63, 3.8) is 0 Å². The van der Waals surface area contributed by atoms with Gasteiger partial charge in [0.05, 0.1) is 12.1 Å². The van der Waals surface area contributed by atoms with Gasteiger partial charge in [-0.25, -0.2) is 0 Å². The summed E-state index contributed by atoms with van der Waals surface area (Å²) in [6.45, 7) is 8.24. The van der Waals surface area contributed by atoms with Crippen LogP contribution in [0, 0.1) is 12.8 Å². The maximum Gasteiger partial charge on any atom is 0.0596 e. The van der Waals surface area contributed by atoms with E-state index < -0.39 is 0 Å². The minimum atomic E-state index is -0.215. The van der Waals surface area contributed by atoms with Crippen LogP contribution in [0.4, 0.5) is 0 Å². The van der Waals surface area contributed by atoms with E-state index in [1.807, 2.05) is 18.3 Å². The summed E-state index contributed by atoms with van der Waals surface area (Å²) in [5.41, 5.74) is 7.73. The lowest BCUT2D eigenvalue weighted by Gasteiger charge is -2.32. The molecule has 0 spiro atoms. The van der Waals surface area contributed by atoms with Crippen molar-refractivity contribution in [3.05, 3.63) is 21.9 Å². The van der Waals surface area contributed by atoms with Gasteiger partial charge in [-0.15, -0.1) is 11.3 Å². The fraction of sp³-hybridized carbons (Fsp3) is 0.733. The number of hydrogen-bond donors (Lipinski definition) is 2. The van der Waals surface area contributed by atoms with E-state index in [1.54, 1.807) is 0 Å². The Balaban J connectivity index is 2.18. The summed E-state index contributed by atoms with van der Waals surface area (Å²) in [5.74, 6) is 0.395. The predicted octanol–water partition coefficient (Wildman–Crippen LogP) is 2.54. The number of rotatable bonds is 5. The van der Waals surface area contributed by atoms with Gasteiger partial charge in [0, 0.05) is 17.5 Å². The third-order valence-corrected chi connectivity index (χ3v) is 5.47. The second kappa shape index (κ2) is 6.35. The lowest BCUT2D eigenvalue weighted by molar-refractivity contribution is 0.118. The number of aliphatic hydroxyl groups excluding tert-OH is 1. The molecule has 1 fully saturated rings. The first-order valence-corrected chi connectivity index (χ1v) is 8.14. The van der Waals surface area contributed by atoms with E-state index in [-0.39, 0.29) is 12.1 Å². The smallest absolute Gasteiger partial charge is 0.0596 e. The zero-order valence-corrected chi connectivity index (χ0v) is 13.0. The van der Waals surface area contributed by atoms with Gasteiger partial charge in [-0.2, -0.15) is 0 Å². The molecule has 19 heavy (non-hydrogen) atoms. The first-order chi connectivity index (χ1) is 9.04. The lowest BCUT2D eigenvalue weighted by atomic mass is 10.0. The van der Waals surface area contributed by atoms with Gasteiger partial charge in [0.2, 0.25) is 0 Å². The number of nitrogens with zero attached hydrogens (tertiary/aromatic N) is 1. The average Bonchev–Trinajstić information content (AvgIpc) is 3.00. The summed E-state index contributed by atoms with van der Waals surface area (Å²) in [6, 6.07) is 2.66. The summed E-state index contributed by atoms with van der Waals surface area (Å²) in [7, 11) is 0. The first kappa shape index (κ1) is 15.0. The largest absolute Gasteiger partial charge is 0.393 e. The molecule has 1 aliphatic rings. The molecule has 2 rings (SSSR count). The van der Waals surface area contributed by atoms with Gasteiger partial charge in [0.25, 0.3) is 0 Å². The molecule has 108 valence electrons. The molecule has 1 aromatic heterocycles. The summed E-state index contributed by atoms with van der Waals surface area (Å²) in [4.78, 5) is 3.88. The molecule has 3 N–H and O–H groups in total. The lowest BCUT2D eigenvalue weighted by Crippen LogP contribution is -2.40. The molecule has 4 atom stereocenters. The minimum Gasteiger partial charge on any atom is -0.393 e. The van der Waals surface area contributed by atoms with Crippen molar-refractivity contribution in [1.29, 1.82) is 0 Å². The van der Waals surface area contributed by atoms with Crippen LogP contribution in [0.1, 0.15) is 43.2 Å². The molecule has 1 aromatic rings. The van der Waals surface area contributed by atoms with Crippen molar-refractivity contribution in [2.45, 2.75) is 51.8 Å². The van der Waals surface area contributed by atoms with Crippen LogP contribution in [-0.4, -0.2) is 35.2 Å². The van der Waals surface area contributed by atoms with Gasteiger partial charge >= 0.3 is 0 Å². The van der Waals surface area contributed by atoms with E-state index in [9.17, 15) is 5.11 Å². The Morgan fingerprint density at radius 2 is 2.32 bits per heavy atom. The van der Waals surface area contributed by atoms with Crippen molar-refractivity contribution < 1.29 is 5.11 Å². The molecule has 1 saturated heterocycles. The van der Waals surface area contributed by atoms with E-state index in [4.69, 9.17) is 5.73 Å². The molecule has 2 heterocycles. The Kier molecular flexibility index (Phi) is 5.01. The van der Waals surface area contributed by atoms with Crippen LogP contribution in [0.5, 0.6) is 0 Å². The van der Waals surface area contributed by atoms with Gasteiger partial charge < -0.3 is 10.8 Å². The molecule has 0 bridgehead atoms. The minimum absolute atomic E-state index is 0.171. The predicted molar refractivity (Wildman–Crippen MR) is 81.4 cm³/mol. The third-order valence-electron chi connectivity index (χ3n) is 4.38. The summed E-state index contributed by atoms with van der Waals surface area (Å²) in [5, 5.41) is 11.9. The van der Waals surface area contributed by atoms with Crippen LogP contribution < -0.4 is 5.73 Å².